The van der Waals surface area contributed by atoms with E-state index in [1.165, 1.54) is 7.11 Å². The minimum atomic E-state index is -0.457. The van der Waals surface area contributed by atoms with E-state index in [1.807, 2.05) is 32.0 Å². The summed E-state index contributed by atoms with van der Waals surface area (Å²) in [6.07, 6.45) is 0. The van der Waals surface area contributed by atoms with E-state index in [0.29, 0.717) is 11.4 Å². The summed E-state index contributed by atoms with van der Waals surface area (Å²) in [5.41, 5.74) is 2.58. The lowest BCUT2D eigenvalue weighted by Crippen LogP contribution is -2.20. The molecule has 1 amide bonds. The molecule has 0 heterocycles. The van der Waals surface area contributed by atoms with Crippen molar-refractivity contribution in [3.8, 4) is 11.5 Å². The number of para-hydroxylation sites is 1. The quantitative estimate of drug-likeness (QED) is 0.783. The van der Waals surface area contributed by atoms with Crippen LogP contribution in [0.4, 0.5) is 5.69 Å². The normalized spacial score (nSPS) is 10.0. The van der Waals surface area contributed by atoms with E-state index in [1.54, 1.807) is 24.3 Å². The lowest BCUT2D eigenvalue weighted by atomic mass is 10.1. The summed E-state index contributed by atoms with van der Waals surface area (Å²) in [6, 6.07) is 12.5. The predicted molar refractivity (Wildman–Crippen MR) is 94.0 cm³/mol. The molecule has 0 unspecified atom stereocenters. The van der Waals surface area contributed by atoms with Gasteiger partial charge in [-0.2, -0.15) is 0 Å². The Labute approximate surface area is 146 Å². The molecule has 0 aromatic heterocycles. The van der Waals surface area contributed by atoms with Crippen LogP contribution in [0.3, 0.4) is 0 Å². The third-order valence-electron chi connectivity index (χ3n) is 3.48. The average molecular weight is 343 g/mol. The Hall–Kier alpha value is -3.02. The number of hydrogen-bond donors (Lipinski definition) is 1. The highest BCUT2D eigenvalue weighted by Crippen LogP contribution is 2.22. The average Bonchev–Trinajstić information content (AvgIpc) is 2.60. The molecule has 25 heavy (non-hydrogen) atoms. The van der Waals surface area contributed by atoms with Gasteiger partial charge in [0.25, 0.3) is 5.91 Å². The molecule has 0 atom stereocenters. The Bertz CT molecular complexity index is 720. The Kier molecular flexibility index (Phi) is 6.39. The minimum absolute atomic E-state index is 0.0771. The van der Waals surface area contributed by atoms with Crippen molar-refractivity contribution in [3.63, 3.8) is 0 Å². The number of ether oxygens (including phenoxy) is 3. The van der Waals surface area contributed by atoms with Crippen molar-refractivity contribution in [2.75, 3.05) is 25.6 Å². The number of methoxy groups -OCH3 is 1. The first kappa shape index (κ1) is 18.3. The Balaban J connectivity index is 1.85. The van der Waals surface area contributed by atoms with Gasteiger partial charge in [0.05, 0.1) is 7.11 Å². The number of rotatable bonds is 7. The van der Waals surface area contributed by atoms with Gasteiger partial charge in [-0.3, -0.25) is 4.79 Å². The molecule has 2 aromatic carbocycles. The van der Waals surface area contributed by atoms with Crippen LogP contribution >= 0.6 is 0 Å². The van der Waals surface area contributed by atoms with Gasteiger partial charge in [0.15, 0.2) is 13.2 Å². The highest BCUT2D eigenvalue weighted by molar-refractivity contribution is 5.91. The van der Waals surface area contributed by atoms with Crippen LogP contribution in [0, 0.1) is 13.8 Å². The number of amides is 1. The van der Waals surface area contributed by atoms with E-state index in [9.17, 15) is 9.59 Å². The van der Waals surface area contributed by atoms with E-state index < -0.39 is 5.97 Å². The summed E-state index contributed by atoms with van der Waals surface area (Å²) in [4.78, 5) is 23.0. The fraction of sp³-hybridized carbons (Fsp3) is 0.263. The number of nitrogens with one attached hydrogen (secondary N) is 1. The summed E-state index contributed by atoms with van der Waals surface area (Å²) in [5.74, 6) is 0.520. The SMILES string of the molecule is COC(=O)COc1ccc(NC(=O)COc2c(C)cccc2C)cc1. The van der Waals surface area contributed by atoms with Gasteiger partial charge in [-0.1, -0.05) is 18.2 Å². The van der Waals surface area contributed by atoms with Crippen LogP contribution in [0.25, 0.3) is 0 Å². The maximum atomic E-state index is 12.0. The van der Waals surface area contributed by atoms with Crippen LogP contribution in [0.15, 0.2) is 42.5 Å². The molecule has 0 radical (unpaired) electrons. The second-order valence-electron chi connectivity index (χ2n) is 5.45. The molecule has 0 fully saturated rings. The van der Waals surface area contributed by atoms with Crippen molar-refractivity contribution in [2.45, 2.75) is 13.8 Å². The highest BCUT2D eigenvalue weighted by Gasteiger charge is 2.08. The third-order valence-corrected chi connectivity index (χ3v) is 3.48. The number of aryl methyl sites for hydroxylation is 2. The second-order valence-corrected chi connectivity index (χ2v) is 5.45. The smallest absolute Gasteiger partial charge is 0.343 e. The molecule has 2 aromatic rings. The zero-order valence-corrected chi connectivity index (χ0v) is 14.5. The largest absolute Gasteiger partial charge is 0.483 e. The Morgan fingerprint density at radius 2 is 1.56 bits per heavy atom. The maximum Gasteiger partial charge on any atom is 0.343 e. The Morgan fingerprint density at radius 1 is 0.920 bits per heavy atom. The molecule has 0 spiro atoms. The number of carbonyl (C=O) groups excluding carboxylic acids is 2. The molecule has 2 rings (SSSR count). The van der Waals surface area contributed by atoms with Crippen molar-refractivity contribution < 1.29 is 23.8 Å². The summed E-state index contributed by atoms with van der Waals surface area (Å²) in [6.45, 7) is 3.64. The fourth-order valence-corrected chi connectivity index (χ4v) is 2.20. The molecule has 0 aliphatic rings. The molecular formula is C19H21NO5. The van der Waals surface area contributed by atoms with Gasteiger partial charge in [0.2, 0.25) is 0 Å². The van der Waals surface area contributed by atoms with Crippen molar-refractivity contribution in [3.05, 3.63) is 53.6 Å². The van der Waals surface area contributed by atoms with E-state index >= 15 is 0 Å². The van der Waals surface area contributed by atoms with Gasteiger partial charge in [-0.05, 0) is 49.2 Å². The molecule has 0 aliphatic carbocycles. The third kappa shape index (κ3) is 5.53. The van der Waals surface area contributed by atoms with Crippen molar-refractivity contribution >= 4 is 17.6 Å². The summed E-state index contributed by atoms with van der Waals surface area (Å²) >= 11 is 0. The van der Waals surface area contributed by atoms with Gasteiger partial charge in [-0.25, -0.2) is 4.79 Å². The lowest BCUT2D eigenvalue weighted by Gasteiger charge is -2.12. The van der Waals surface area contributed by atoms with Crippen molar-refractivity contribution in [1.29, 1.82) is 0 Å². The summed E-state index contributed by atoms with van der Waals surface area (Å²) < 4.78 is 15.3. The molecular weight excluding hydrogens is 322 g/mol. The van der Waals surface area contributed by atoms with Gasteiger partial charge in [0, 0.05) is 5.69 Å². The summed E-state index contributed by atoms with van der Waals surface area (Å²) in [7, 11) is 1.30. The molecule has 0 saturated carbocycles. The highest BCUT2D eigenvalue weighted by atomic mass is 16.6. The number of esters is 1. The zero-order chi connectivity index (χ0) is 18.2. The topological polar surface area (TPSA) is 73.9 Å². The van der Waals surface area contributed by atoms with Crippen LogP contribution in [0.5, 0.6) is 11.5 Å². The standard InChI is InChI=1S/C19H21NO5/c1-13-5-4-6-14(2)19(13)25-11-17(21)20-15-7-9-16(10-8-15)24-12-18(22)23-3/h4-10H,11-12H2,1-3H3,(H,20,21). The molecule has 6 nitrogen and oxygen atoms in total. The van der Waals surface area contributed by atoms with Gasteiger partial charge < -0.3 is 19.5 Å². The monoisotopic (exact) mass is 343 g/mol. The first-order chi connectivity index (χ1) is 12.0. The van der Waals surface area contributed by atoms with Crippen LogP contribution in [0.2, 0.25) is 0 Å². The van der Waals surface area contributed by atoms with Crippen LogP contribution < -0.4 is 14.8 Å². The molecule has 1 N–H and O–H groups in total. The van der Waals surface area contributed by atoms with Crippen LogP contribution in [0.1, 0.15) is 11.1 Å². The van der Waals surface area contributed by atoms with E-state index in [0.717, 1.165) is 16.9 Å². The van der Waals surface area contributed by atoms with Gasteiger partial charge >= 0.3 is 5.97 Å². The van der Waals surface area contributed by atoms with Crippen LogP contribution in [-0.2, 0) is 14.3 Å². The molecule has 6 heteroatoms. The first-order valence-electron chi connectivity index (χ1n) is 7.78. The van der Waals surface area contributed by atoms with E-state index in [4.69, 9.17) is 9.47 Å². The van der Waals surface area contributed by atoms with E-state index in [-0.39, 0.29) is 19.1 Å². The van der Waals surface area contributed by atoms with Gasteiger partial charge in [0.1, 0.15) is 11.5 Å². The fourth-order valence-electron chi connectivity index (χ4n) is 2.20. The van der Waals surface area contributed by atoms with Crippen LogP contribution in [-0.4, -0.2) is 32.2 Å². The molecule has 0 bridgehead atoms. The molecule has 0 saturated heterocycles. The predicted octanol–water partition coefficient (Wildman–Crippen LogP) is 2.87. The maximum absolute atomic E-state index is 12.0. The zero-order valence-electron chi connectivity index (χ0n) is 14.5. The Morgan fingerprint density at radius 3 is 2.16 bits per heavy atom. The lowest BCUT2D eigenvalue weighted by molar-refractivity contribution is -0.142. The van der Waals surface area contributed by atoms with Gasteiger partial charge in [-0.15, -0.1) is 0 Å². The summed E-state index contributed by atoms with van der Waals surface area (Å²) in [5, 5.41) is 2.74. The number of anilines is 1. The number of benzene rings is 2. The van der Waals surface area contributed by atoms with E-state index in [2.05, 4.69) is 10.1 Å². The molecule has 132 valence electrons. The van der Waals surface area contributed by atoms with Crippen molar-refractivity contribution in [2.24, 2.45) is 0 Å². The van der Waals surface area contributed by atoms with Crippen molar-refractivity contribution in [1.82, 2.24) is 0 Å². The molecule has 0 aliphatic heterocycles. The minimum Gasteiger partial charge on any atom is -0.483 e. The number of carbonyl (C=O) groups is 2. The first-order valence-corrected chi connectivity index (χ1v) is 7.78. The number of hydrogen-bond acceptors (Lipinski definition) is 5. The second kappa shape index (κ2) is 8.73.